The van der Waals surface area contributed by atoms with Gasteiger partial charge in [0.1, 0.15) is 10.9 Å². The fourth-order valence-corrected chi connectivity index (χ4v) is 1.68. The molecule has 0 bridgehead atoms. The Balaban J connectivity index is 2.81. The summed E-state index contributed by atoms with van der Waals surface area (Å²) < 4.78 is 1.60. The van der Waals surface area contributed by atoms with Gasteiger partial charge in [-0.05, 0) is 13.3 Å². The maximum Gasteiger partial charge on any atom is 0.137 e. The van der Waals surface area contributed by atoms with Crippen molar-refractivity contribution in [2.45, 2.75) is 33.1 Å². The van der Waals surface area contributed by atoms with Crippen LogP contribution in [0.4, 0.5) is 0 Å². The molecular weight excluding hydrogens is 200 g/mol. The Bertz CT molecular complexity index is 344. The van der Waals surface area contributed by atoms with Gasteiger partial charge < -0.3 is 0 Å². The number of carbonyl (C=O) groups excluding carboxylic acids is 1. The molecule has 1 rings (SSSR count). The van der Waals surface area contributed by atoms with Crippen LogP contribution in [0.3, 0.4) is 0 Å². The van der Waals surface area contributed by atoms with E-state index in [9.17, 15) is 4.79 Å². The molecule has 0 aromatic carbocycles. The van der Waals surface area contributed by atoms with Crippen LogP contribution in [0.15, 0.2) is 0 Å². The Morgan fingerprint density at radius 2 is 2.21 bits per heavy atom. The van der Waals surface area contributed by atoms with E-state index in [1.54, 1.807) is 11.7 Å². The van der Waals surface area contributed by atoms with Gasteiger partial charge in [-0.1, -0.05) is 18.5 Å². The van der Waals surface area contributed by atoms with Gasteiger partial charge in [-0.2, -0.15) is 5.10 Å². The van der Waals surface area contributed by atoms with Crippen molar-refractivity contribution in [3.8, 4) is 0 Å². The number of nitrogens with zero attached hydrogens (tertiary/aromatic N) is 2. The Kier molecular flexibility index (Phi) is 3.69. The molecule has 0 aliphatic rings. The number of rotatable bonds is 4. The number of hydrogen-bond donors (Lipinski definition) is 0. The third-order valence-electron chi connectivity index (χ3n) is 2.17. The fourth-order valence-electron chi connectivity index (χ4n) is 1.44. The van der Waals surface area contributed by atoms with Crippen LogP contribution >= 0.6 is 11.6 Å². The van der Waals surface area contributed by atoms with Crippen molar-refractivity contribution in [3.63, 3.8) is 0 Å². The topological polar surface area (TPSA) is 34.9 Å². The number of aromatic nitrogens is 2. The predicted molar refractivity (Wildman–Crippen MR) is 56.6 cm³/mol. The molecule has 0 saturated carbocycles. The number of Topliss-reactive ketones (excluding diaryl/α,β-unsaturated/α-hetero) is 1. The molecule has 1 aromatic heterocycles. The second-order valence-corrected chi connectivity index (χ2v) is 3.80. The first kappa shape index (κ1) is 11.2. The zero-order valence-electron chi connectivity index (χ0n) is 8.80. The summed E-state index contributed by atoms with van der Waals surface area (Å²) in [4.78, 5) is 11.4. The smallest absolute Gasteiger partial charge is 0.137 e. The predicted octanol–water partition coefficient (Wildman–Crippen LogP) is 2.29. The molecule has 4 heteroatoms. The van der Waals surface area contributed by atoms with Crippen LogP contribution in [0.2, 0.25) is 5.15 Å². The van der Waals surface area contributed by atoms with Gasteiger partial charge in [0.05, 0.1) is 5.69 Å². The lowest BCUT2D eigenvalue weighted by atomic mass is 10.1. The van der Waals surface area contributed by atoms with Crippen LogP contribution in [0.1, 0.15) is 31.0 Å². The van der Waals surface area contributed by atoms with Crippen LogP contribution in [0.25, 0.3) is 0 Å². The van der Waals surface area contributed by atoms with E-state index >= 15 is 0 Å². The maximum atomic E-state index is 11.4. The van der Waals surface area contributed by atoms with E-state index < -0.39 is 0 Å². The van der Waals surface area contributed by atoms with Crippen molar-refractivity contribution in [1.82, 2.24) is 9.78 Å². The minimum Gasteiger partial charge on any atom is -0.299 e. The van der Waals surface area contributed by atoms with Crippen molar-refractivity contribution in [1.29, 1.82) is 0 Å². The van der Waals surface area contributed by atoms with Crippen molar-refractivity contribution >= 4 is 17.4 Å². The second-order valence-electron chi connectivity index (χ2n) is 3.44. The molecule has 0 saturated heterocycles. The molecule has 0 aliphatic heterocycles. The van der Waals surface area contributed by atoms with E-state index in [1.165, 1.54) is 0 Å². The molecule has 0 aliphatic carbocycles. The van der Waals surface area contributed by atoms with Crippen molar-refractivity contribution < 1.29 is 4.79 Å². The molecule has 14 heavy (non-hydrogen) atoms. The molecule has 0 N–H and O–H groups in total. The highest BCUT2D eigenvalue weighted by atomic mass is 35.5. The molecule has 78 valence electrons. The van der Waals surface area contributed by atoms with Crippen LogP contribution in [0.5, 0.6) is 0 Å². The van der Waals surface area contributed by atoms with E-state index in [-0.39, 0.29) is 5.78 Å². The van der Waals surface area contributed by atoms with Gasteiger partial charge in [0.25, 0.3) is 0 Å². The standard InChI is InChI=1S/C10H15ClN2O/c1-4-5-8(14)6-9-7(2)12-13(3)10(9)11/h4-6H2,1-3H3. The molecular formula is C10H15ClN2O. The van der Waals surface area contributed by atoms with E-state index in [1.807, 2.05) is 13.8 Å². The molecule has 0 spiro atoms. The van der Waals surface area contributed by atoms with Crippen LogP contribution in [-0.2, 0) is 18.3 Å². The normalized spacial score (nSPS) is 10.6. The van der Waals surface area contributed by atoms with E-state index in [4.69, 9.17) is 11.6 Å². The summed E-state index contributed by atoms with van der Waals surface area (Å²) in [5.74, 6) is 0.227. The van der Waals surface area contributed by atoms with Crippen molar-refractivity contribution in [2.75, 3.05) is 0 Å². The van der Waals surface area contributed by atoms with Gasteiger partial charge in [-0.15, -0.1) is 0 Å². The molecule has 0 unspecified atom stereocenters. The number of hydrogen-bond acceptors (Lipinski definition) is 2. The zero-order valence-corrected chi connectivity index (χ0v) is 9.56. The second kappa shape index (κ2) is 4.60. The first-order valence-electron chi connectivity index (χ1n) is 4.76. The van der Waals surface area contributed by atoms with Gasteiger partial charge in [-0.25, -0.2) is 0 Å². The van der Waals surface area contributed by atoms with Crippen LogP contribution in [-0.4, -0.2) is 15.6 Å². The molecule has 3 nitrogen and oxygen atoms in total. The maximum absolute atomic E-state index is 11.4. The largest absolute Gasteiger partial charge is 0.299 e. The Morgan fingerprint density at radius 1 is 1.57 bits per heavy atom. The van der Waals surface area contributed by atoms with Gasteiger partial charge in [0, 0.05) is 25.5 Å². The summed E-state index contributed by atoms with van der Waals surface area (Å²) in [6.07, 6.45) is 1.91. The zero-order chi connectivity index (χ0) is 10.7. The number of aryl methyl sites for hydroxylation is 2. The quantitative estimate of drug-likeness (QED) is 0.771. The summed E-state index contributed by atoms with van der Waals surface area (Å²) in [5, 5.41) is 4.73. The average molecular weight is 215 g/mol. The highest BCUT2D eigenvalue weighted by Crippen LogP contribution is 2.19. The molecule has 0 radical (unpaired) electrons. The first-order valence-corrected chi connectivity index (χ1v) is 5.13. The fraction of sp³-hybridized carbons (Fsp3) is 0.600. The summed E-state index contributed by atoms with van der Waals surface area (Å²) in [7, 11) is 1.78. The summed E-state index contributed by atoms with van der Waals surface area (Å²) in [6.45, 7) is 3.87. The first-order chi connectivity index (χ1) is 6.56. The molecule has 1 aromatic rings. The van der Waals surface area contributed by atoms with Crippen molar-refractivity contribution in [3.05, 3.63) is 16.4 Å². The SMILES string of the molecule is CCCC(=O)Cc1c(C)nn(C)c1Cl. The lowest BCUT2D eigenvalue weighted by Crippen LogP contribution is -2.02. The molecule has 1 heterocycles. The van der Waals surface area contributed by atoms with Crippen LogP contribution < -0.4 is 0 Å². The molecule has 0 fully saturated rings. The van der Waals surface area contributed by atoms with E-state index in [2.05, 4.69) is 5.10 Å². The summed E-state index contributed by atoms with van der Waals surface area (Å²) in [5.41, 5.74) is 1.72. The lowest BCUT2D eigenvalue weighted by molar-refractivity contribution is -0.118. The Hall–Kier alpha value is -0.830. The summed E-state index contributed by atoms with van der Waals surface area (Å²) in [6, 6.07) is 0. The van der Waals surface area contributed by atoms with Gasteiger partial charge in [0.15, 0.2) is 0 Å². The highest BCUT2D eigenvalue weighted by molar-refractivity contribution is 6.30. The van der Waals surface area contributed by atoms with Gasteiger partial charge in [0.2, 0.25) is 0 Å². The molecule has 0 atom stereocenters. The minimum absolute atomic E-state index is 0.227. The van der Waals surface area contributed by atoms with Crippen molar-refractivity contribution in [2.24, 2.45) is 7.05 Å². The van der Waals surface area contributed by atoms with Crippen LogP contribution in [0, 0.1) is 6.92 Å². The Morgan fingerprint density at radius 3 is 2.64 bits per heavy atom. The van der Waals surface area contributed by atoms with E-state index in [0.29, 0.717) is 18.0 Å². The summed E-state index contributed by atoms with van der Waals surface area (Å²) >= 11 is 6.01. The number of halogens is 1. The van der Waals surface area contributed by atoms with Gasteiger partial charge >= 0.3 is 0 Å². The lowest BCUT2D eigenvalue weighted by Gasteiger charge is -1.98. The average Bonchev–Trinajstić information content (AvgIpc) is 2.33. The Labute approximate surface area is 89.1 Å². The number of ketones is 1. The minimum atomic E-state index is 0.227. The highest BCUT2D eigenvalue weighted by Gasteiger charge is 2.13. The number of carbonyl (C=O) groups is 1. The third kappa shape index (κ3) is 2.35. The van der Waals surface area contributed by atoms with E-state index in [0.717, 1.165) is 17.7 Å². The third-order valence-corrected chi connectivity index (χ3v) is 2.65. The monoisotopic (exact) mass is 214 g/mol. The van der Waals surface area contributed by atoms with Gasteiger partial charge in [-0.3, -0.25) is 9.48 Å². The molecule has 0 amide bonds.